The first-order valence-electron chi connectivity index (χ1n) is 4.47. The van der Waals surface area contributed by atoms with Crippen LogP contribution in [0.5, 0.6) is 0 Å². The number of rotatable bonds is 1. The molecule has 0 aliphatic heterocycles. The zero-order valence-corrected chi connectivity index (χ0v) is 8.78. The third kappa shape index (κ3) is 1.32. The molecule has 0 aliphatic rings. The van der Waals surface area contributed by atoms with Gasteiger partial charge < -0.3 is 4.42 Å². The number of aromatic nitrogens is 3. The summed E-state index contributed by atoms with van der Waals surface area (Å²) >= 11 is 1.50. The number of aryl methyl sites for hydroxylation is 1. The number of oxazole rings is 1. The third-order valence-electron chi connectivity index (χ3n) is 2.12. The number of para-hydroxylation sites is 1. The van der Waals surface area contributed by atoms with Gasteiger partial charge in [-0.05, 0) is 12.1 Å². The molecule has 15 heavy (non-hydrogen) atoms. The Balaban J connectivity index is 2.35. The zero-order chi connectivity index (χ0) is 10.3. The molecule has 1 aromatic carbocycles. The minimum atomic E-state index is 0.668. The summed E-state index contributed by atoms with van der Waals surface area (Å²) in [5.41, 5.74) is 4.33. The minimum Gasteiger partial charge on any atom is -0.441 e. The van der Waals surface area contributed by atoms with Crippen molar-refractivity contribution in [3.63, 3.8) is 0 Å². The van der Waals surface area contributed by atoms with E-state index in [2.05, 4.69) is 15.2 Å². The van der Waals surface area contributed by atoms with Crippen LogP contribution in [0.15, 0.2) is 28.1 Å². The summed E-state index contributed by atoms with van der Waals surface area (Å²) in [5, 5.41) is 8.72. The fourth-order valence-electron chi connectivity index (χ4n) is 1.52. The normalized spacial score (nSPS) is 11.0. The molecule has 0 saturated heterocycles. The van der Waals surface area contributed by atoms with E-state index in [1.807, 2.05) is 25.1 Å². The first-order valence-corrected chi connectivity index (χ1v) is 5.35. The highest BCUT2D eigenvalue weighted by atomic mass is 32.1. The van der Waals surface area contributed by atoms with Crippen molar-refractivity contribution < 1.29 is 4.42 Å². The van der Waals surface area contributed by atoms with Crippen LogP contribution in [0.1, 0.15) is 5.89 Å². The summed E-state index contributed by atoms with van der Waals surface area (Å²) in [6, 6.07) is 5.81. The summed E-state index contributed by atoms with van der Waals surface area (Å²) in [6.07, 6.45) is 0. The van der Waals surface area contributed by atoms with Crippen LogP contribution in [0.3, 0.4) is 0 Å². The molecule has 0 amide bonds. The van der Waals surface area contributed by atoms with Crippen LogP contribution in [0.2, 0.25) is 0 Å². The largest absolute Gasteiger partial charge is 0.441 e. The van der Waals surface area contributed by atoms with Crippen LogP contribution in [0, 0.1) is 6.92 Å². The predicted octanol–water partition coefficient (Wildman–Crippen LogP) is 2.65. The fraction of sp³-hybridized carbons (Fsp3) is 0.100. The maximum Gasteiger partial charge on any atom is 0.192 e. The summed E-state index contributed by atoms with van der Waals surface area (Å²) in [4.78, 5) is 4.34. The molecule has 4 nitrogen and oxygen atoms in total. The average molecular weight is 217 g/mol. The highest BCUT2D eigenvalue weighted by Gasteiger charge is 2.10. The molecule has 0 radical (unpaired) electrons. The van der Waals surface area contributed by atoms with Crippen molar-refractivity contribution >= 4 is 22.4 Å². The van der Waals surface area contributed by atoms with Gasteiger partial charge >= 0.3 is 0 Å². The first-order chi connectivity index (χ1) is 7.34. The molecule has 2 aromatic heterocycles. The summed E-state index contributed by atoms with van der Waals surface area (Å²) in [7, 11) is 0. The van der Waals surface area contributed by atoms with Crippen LogP contribution < -0.4 is 0 Å². The van der Waals surface area contributed by atoms with Crippen LogP contribution >= 0.6 is 11.3 Å². The molecule has 74 valence electrons. The van der Waals surface area contributed by atoms with Crippen molar-refractivity contribution in [2.24, 2.45) is 0 Å². The van der Waals surface area contributed by atoms with Gasteiger partial charge in [-0.25, -0.2) is 4.98 Å². The topological polar surface area (TPSA) is 51.8 Å². The van der Waals surface area contributed by atoms with Gasteiger partial charge in [-0.15, -0.1) is 10.2 Å². The smallest absolute Gasteiger partial charge is 0.192 e. The summed E-state index contributed by atoms with van der Waals surface area (Å²) < 4.78 is 5.45. The number of fused-ring (bicyclic) bond motifs is 1. The minimum absolute atomic E-state index is 0.668. The molecular weight excluding hydrogens is 210 g/mol. The molecule has 3 aromatic rings. The Morgan fingerprint density at radius 3 is 3.07 bits per heavy atom. The van der Waals surface area contributed by atoms with Crippen molar-refractivity contribution in [3.8, 4) is 10.6 Å². The van der Waals surface area contributed by atoms with Gasteiger partial charge in [-0.1, -0.05) is 17.4 Å². The second-order valence-electron chi connectivity index (χ2n) is 3.13. The molecule has 0 aliphatic carbocycles. The Labute approximate surface area is 89.6 Å². The highest BCUT2D eigenvalue weighted by Crippen LogP contribution is 2.28. The lowest BCUT2D eigenvalue weighted by Crippen LogP contribution is -1.79. The van der Waals surface area contributed by atoms with Crippen molar-refractivity contribution in [1.29, 1.82) is 0 Å². The molecule has 0 unspecified atom stereocenters. The van der Waals surface area contributed by atoms with E-state index in [-0.39, 0.29) is 0 Å². The number of hydrogen-bond donors (Lipinski definition) is 0. The maximum absolute atomic E-state index is 5.45. The predicted molar refractivity (Wildman–Crippen MR) is 57.6 cm³/mol. The second kappa shape index (κ2) is 3.13. The van der Waals surface area contributed by atoms with Crippen LogP contribution in [0.4, 0.5) is 0 Å². The molecule has 0 bridgehead atoms. The van der Waals surface area contributed by atoms with E-state index in [9.17, 15) is 0 Å². The van der Waals surface area contributed by atoms with Gasteiger partial charge in [0, 0.05) is 12.5 Å². The van der Waals surface area contributed by atoms with Crippen LogP contribution in [-0.2, 0) is 0 Å². The van der Waals surface area contributed by atoms with E-state index >= 15 is 0 Å². The molecule has 0 N–H and O–H groups in total. The number of benzene rings is 1. The second-order valence-corrected chi connectivity index (χ2v) is 3.96. The first kappa shape index (κ1) is 8.55. The van der Waals surface area contributed by atoms with Gasteiger partial charge in [0.2, 0.25) is 0 Å². The van der Waals surface area contributed by atoms with Crippen molar-refractivity contribution in [3.05, 3.63) is 29.6 Å². The van der Waals surface area contributed by atoms with Crippen molar-refractivity contribution in [2.75, 3.05) is 0 Å². The van der Waals surface area contributed by atoms with E-state index in [0.717, 1.165) is 21.7 Å². The quantitative estimate of drug-likeness (QED) is 0.628. The van der Waals surface area contributed by atoms with Gasteiger partial charge in [0.05, 0.1) is 0 Å². The molecule has 5 heteroatoms. The van der Waals surface area contributed by atoms with Gasteiger partial charge in [0.1, 0.15) is 16.0 Å². The molecule has 0 atom stereocenters. The maximum atomic E-state index is 5.45. The number of hydrogen-bond acceptors (Lipinski definition) is 5. The average Bonchev–Trinajstić information content (AvgIpc) is 2.82. The summed E-state index contributed by atoms with van der Waals surface area (Å²) in [5.74, 6) is 0.668. The third-order valence-corrected chi connectivity index (χ3v) is 2.84. The Morgan fingerprint density at radius 1 is 1.33 bits per heavy atom. The Hall–Kier alpha value is -1.75. The van der Waals surface area contributed by atoms with E-state index in [1.165, 1.54) is 11.3 Å². The van der Waals surface area contributed by atoms with Crippen LogP contribution in [0.25, 0.3) is 21.7 Å². The van der Waals surface area contributed by atoms with Gasteiger partial charge in [0.15, 0.2) is 11.5 Å². The monoisotopic (exact) mass is 217 g/mol. The van der Waals surface area contributed by atoms with E-state index in [4.69, 9.17) is 4.42 Å². The number of nitrogens with zero attached hydrogens (tertiary/aromatic N) is 3. The van der Waals surface area contributed by atoms with E-state index in [1.54, 1.807) is 5.51 Å². The van der Waals surface area contributed by atoms with Gasteiger partial charge in [-0.2, -0.15) is 0 Å². The Morgan fingerprint density at radius 2 is 2.27 bits per heavy atom. The van der Waals surface area contributed by atoms with E-state index in [0.29, 0.717) is 5.89 Å². The van der Waals surface area contributed by atoms with E-state index < -0.39 is 0 Å². The standard InChI is InChI=1S/C10H7N3OS/c1-6-12-9-7(10-13-11-5-15-10)3-2-4-8(9)14-6/h2-5H,1H3. The van der Waals surface area contributed by atoms with Crippen molar-refractivity contribution in [2.45, 2.75) is 6.92 Å². The molecule has 0 spiro atoms. The lowest BCUT2D eigenvalue weighted by atomic mass is 10.2. The Kier molecular flexibility index (Phi) is 1.78. The SMILES string of the molecule is Cc1nc2c(-c3nncs3)cccc2o1. The summed E-state index contributed by atoms with van der Waals surface area (Å²) in [6.45, 7) is 1.84. The zero-order valence-electron chi connectivity index (χ0n) is 7.97. The van der Waals surface area contributed by atoms with Gasteiger partial charge in [-0.3, -0.25) is 0 Å². The molecule has 3 rings (SSSR count). The molecule has 0 fully saturated rings. The fourth-order valence-corrected chi connectivity index (χ4v) is 2.10. The molecule has 0 saturated carbocycles. The Bertz CT molecular complexity index is 600. The van der Waals surface area contributed by atoms with Crippen molar-refractivity contribution in [1.82, 2.24) is 15.2 Å². The lowest BCUT2D eigenvalue weighted by Gasteiger charge is -1.94. The molecule has 2 heterocycles. The van der Waals surface area contributed by atoms with Gasteiger partial charge in [0.25, 0.3) is 0 Å². The molecular formula is C10H7N3OS. The lowest BCUT2D eigenvalue weighted by molar-refractivity contribution is 0.561. The van der Waals surface area contributed by atoms with Crippen LogP contribution in [-0.4, -0.2) is 15.2 Å². The highest BCUT2D eigenvalue weighted by molar-refractivity contribution is 7.12.